The van der Waals surface area contributed by atoms with Crippen molar-refractivity contribution in [3.63, 3.8) is 0 Å². The number of aliphatic carboxylic acids is 1. The van der Waals surface area contributed by atoms with E-state index in [9.17, 15) is 19.5 Å². The minimum absolute atomic E-state index is 0.0549. The molecule has 12 nitrogen and oxygen atoms in total. The number of oxime groups is 1. The Kier molecular flexibility index (Phi) is 7.97. The number of amides is 2. The topological polar surface area (TPSA) is 173 Å². The second-order valence-corrected chi connectivity index (χ2v) is 11.5. The molecule has 1 unspecified atom stereocenters. The lowest BCUT2D eigenvalue weighted by molar-refractivity contribution is -0.150. The number of nitrogen functional groups attached to an aromatic ring is 1. The monoisotopic (exact) mass is 559 g/mol. The number of rotatable bonds is 10. The van der Waals surface area contributed by atoms with Gasteiger partial charge in [-0.15, -0.1) is 45.1 Å². The zero-order valence-electron chi connectivity index (χ0n) is 17.4. The highest BCUT2D eigenvalue weighted by Crippen LogP contribution is 2.41. The molecule has 2 aromatic rings. The Morgan fingerprint density at radius 1 is 1.44 bits per heavy atom. The maximum Gasteiger partial charge on any atom is 0.352 e. The Morgan fingerprint density at radius 2 is 2.26 bits per heavy atom. The van der Waals surface area contributed by atoms with Crippen molar-refractivity contribution in [3.05, 3.63) is 27.9 Å². The van der Waals surface area contributed by atoms with Gasteiger partial charge in [-0.1, -0.05) is 28.3 Å². The second kappa shape index (κ2) is 10.9. The fourth-order valence-electron chi connectivity index (χ4n) is 3.12. The van der Waals surface area contributed by atoms with E-state index >= 15 is 0 Å². The van der Waals surface area contributed by atoms with Gasteiger partial charge in [-0.2, -0.15) is 0 Å². The molecule has 180 valence electrons. The third kappa shape index (κ3) is 5.17. The Labute approximate surface area is 213 Å². The van der Waals surface area contributed by atoms with Crippen molar-refractivity contribution in [3.8, 4) is 0 Å². The number of carbonyl (C=O) groups is 3. The molecule has 34 heavy (non-hydrogen) atoms. The molecule has 2 aliphatic heterocycles. The van der Waals surface area contributed by atoms with Gasteiger partial charge in [0, 0.05) is 16.9 Å². The van der Waals surface area contributed by atoms with E-state index in [1.165, 1.54) is 51.5 Å². The molecule has 0 aliphatic carbocycles. The van der Waals surface area contributed by atoms with Gasteiger partial charge in [0.05, 0.1) is 0 Å². The minimum atomic E-state index is -1.19. The highest BCUT2D eigenvalue weighted by Gasteiger charge is 2.54. The summed E-state index contributed by atoms with van der Waals surface area (Å²) >= 11 is 6.61. The molecule has 1 fully saturated rings. The van der Waals surface area contributed by atoms with Crippen LogP contribution in [0.1, 0.15) is 5.69 Å². The number of hydrogen-bond donors (Lipinski definition) is 3. The van der Waals surface area contributed by atoms with Gasteiger partial charge >= 0.3 is 5.97 Å². The number of anilines is 1. The third-order valence-corrected chi connectivity index (χ3v) is 8.85. The normalized spacial score (nSPS) is 20.1. The first-order valence-corrected chi connectivity index (χ1v) is 14.6. The fraction of sp³-hybridized carbons (Fsp3) is 0.353. The van der Waals surface area contributed by atoms with Crippen LogP contribution in [-0.4, -0.2) is 83.8 Å². The van der Waals surface area contributed by atoms with Crippen LogP contribution in [0, 0.1) is 0 Å². The van der Waals surface area contributed by atoms with E-state index in [4.69, 9.17) is 10.6 Å². The van der Waals surface area contributed by atoms with E-state index in [1.807, 2.05) is 6.26 Å². The van der Waals surface area contributed by atoms with Crippen LogP contribution in [0.5, 0.6) is 0 Å². The lowest BCUT2D eigenvalue weighted by atomic mass is 10.0. The molecule has 2 aliphatic rings. The molecule has 4 rings (SSSR count). The van der Waals surface area contributed by atoms with E-state index in [0.717, 1.165) is 11.3 Å². The lowest BCUT2D eigenvalue weighted by Crippen LogP contribution is -2.71. The van der Waals surface area contributed by atoms with Crippen molar-refractivity contribution in [2.75, 3.05) is 29.4 Å². The summed E-state index contributed by atoms with van der Waals surface area (Å²) in [5.74, 6) is -1.38. The molecular formula is C17H17N7O5S5. The van der Waals surface area contributed by atoms with E-state index in [0.29, 0.717) is 21.4 Å². The maximum absolute atomic E-state index is 13.0. The van der Waals surface area contributed by atoms with Gasteiger partial charge in [0.2, 0.25) is 0 Å². The van der Waals surface area contributed by atoms with Crippen LogP contribution < -0.4 is 11.1 Å². The summed E-state index contributed by atoms with van der Waals surface area (Å²) in [6.07, 6.45) is 1.81. The highest BCUT2D eigenvalue weighted by molar-refractivity contribution is 8.01. The Hall–Kier alpha value is -2.34. The number of carbonyl (C=O) groups excluding carboxylic acids is 2. The minimum Gasteiger partial charge on any atom is -0.477 e. The third-order valence-electron chi connectivity index (χ3n) is 4.55. The van der Waals surface area contributed by atoms with Gasteiger partial charge in [0.25, 0.3) is 11.8 Å². The van der Waals surface area contributed by atoms with Crippen LogP contribution in [0.15, 0.2) is 31.7 Å². The summed E-state index contributed by atoms with van der Waals surface area (Å²) < 4.78 is 0.711. The number of thiazole rings is 1. The average molecular weight is 560 g/mol. The summed E-state index contributed by atoms with van der Waals surface area (Å²) in [5, 5.41) is 25.3. The zero-order chi connectivity index (χ0) is 24.2. The summed E-state index contributed by atoms with van der Waals surface area (Å²) in [6, 6.07) is -0.911. The Balaban J connectivity index is 1.49. The maximum atomic E-state index is 13.0. The largest absolute Gasteiger partial charge is 0.477 e. The molecule has 4 heterocycles. The number of thioether (sulfide) groups is 3. The van der Waals surface area contributed by atoms with Crippen molar-refractivity contribution < 1.29 is 24.3 Å². The molecule has 2 aromatic heterocycles. The van der Waals surface area contributed by atoms with Gasteiger partial charge in [0.1, 0.15) is 28.3 Å². The molecule has 17 heteroatoms. The number of nitrogens with two attached hydrogens (primary N) is 1. The number of aromatic nitrogens is 3. The Bertz CT molecular complexity index is 1150. The first-order valence-electron chi connectivity index (χ1n) is 9.40. The van der Waals surface area contributed by atoms with Crippen molar-refractivity contribution >= 4 is 86.6 Å². The molecule has 2 atom stereocenters. The zero-order valence-corrected chi connectivity index (χ0v) is 21.4. The van der Waals surface area contributed by atoms with Crippen LogP contribution in [-0.2, 0) is 19.2 Å². The van der Waals surface area contributed by atoms with Gasteiger partial charge in [-0.25, -0.2) is 9.78 Å². The molecule has 1 saturated heterocycles. The number of fused-ring (bicyclic) bond motifs is 1. The van der Waals surface area contributed by atoms with Crippen LogP contribution in [0.4, 0.5) is 5.13 Å². The van der Waals surface area contributed by atoms with Gasteiger partial charge < -0.3 is 21.0 Å². The number of carboxylic acid groups (broad SMARTS) is 1. The number of nitrogens with zero attached hydrogens (tertiary/aromatic N) is 5. The lowest BCUT2D eigenvalue weighted by Gasteiger charge is -2.49. The fourth-order valence-corrected chi connectivity index (χ4v) is 6.80. The molecular weight excluding hydrogens is 543 g/mol. The van der Waals surface area contributed by atoms with E-state index in [2.05, 4.69) is 25.7 Å². The summed E-state index contributed by atoms with van der Waals surface area (Å²) in [5.41, 5.74) is 7.93. The molecule has 0 bridgehead atoms. The van der Waals surface area contributed by atoms with Crippen LogP contribution in [0.25, 0.3) is 0 Å². The number of carboxylic acids is 1. The predicted molar refractivity (Wildman–Crippen MR) is 133 cm³/mol. The quantitative estimate of drug-likeness (QED) is 0.0948. The number of nitrogens with one attached hydrogen (secondary N) is 1. The van der Waals surface area contributed by atoms with E-state index in [1.54, 1.807) is 10.9 Å². The van der Waals surface area contributed by atoms with Gasteiger partial charge in [-0.05, 0) is 11.8 Å². The van der Waals surface area contributed by atoms with Gasteiger partial charge in [-0.3, -0.25) is 14.5 Å². The number of hydrogen-bond acceptors (Lipinski definition) is 14. The van der Waals surface area contributed by atoms with E-state index < -0.39 is 29.2 Å². The second-order valence-electron chi connectivity index (χ2n) is 6.66. The first kappa shape index (κ1) is 24.8. The smallest absolute Gasteiger partial charge is 0.352 e. The summed E-state index contributed by atoms with van der Waals surface area (Å²) in [6.45, 7) is 0. The van der Waals surface area contributed by atoms with Gasteiger partial charge in [0.15, 0.2) is 21.1 Å². The highest BCUT2D eigenvalue weighted by atomic mass is 32.2. The average Bonchev–Trinajstić information content (AvgIpc) is 3.49. The molecule has 0 aromatic carbocycles. The molecule has 0 saturated carbocycles. The summed E-state index contributed by atoms with van der Waals surface area (Å²) in [7, 11) is 0. The first-order chi connectivity index (χ1) is 16.4. The van der Waals surface area contributed by atoms with Crippen LogP contribution in [0.2, 0.25) is 0 Å². The van der Waals surface area contributed by atoms with Crippen molar-refractivity contribution in [1.29, 1.82) is 0 Å². The predicted octanol–water partition coefficient (Wildman–Crippen LogP) is 1.15. The van der Waals surface area contributed by atoms with Crippen molar-refractivity contribution in [2.45, 2.75) is 15.8 Å². The standard InChI is InChI=1S/C17H17N7O5S5/c1-30-6-29-23-9(8-4-32-16(18)20-8)12(25)21-10-13(26)24-11(15(27)28)7(2-31-14(10)24)3-33-17-22-19-5-34-17/h4-5,10,14H,2-3,6H2,1H3,(H2,18,20)(H,21,25)(H,27,28)/t10?,14-/m0/s1. The number of β-lactam (4-membered cyclic amide) rings is 1. The SMILES string of the molecule is CSCON=C(C(=O)NC1C(=O)N2C(C(=O)O)=C(CSc3nncs3)CS[C@@H]12)c1csc(N)n1. The Morgan fingerprint density at radius 3 is 2.91 bits per heavy atom. The van der Waals surface area contributed by atoms with Crippen LogP contribution >= 0.6 is 58.0 Å². The van der Waals surface area contributed by atoms with Crippen molar-refractivity contribution in [2.24, 2.45) is 5.16 Å². The van der Waals surface area contributed by atoms with Crippen molar-refractivity contribution in [1.82, 2.24) is 25.4 Å². The molecule has 2 amide bonds. The summed E-state index contributed by atoms with van der Waals surface area (Å²) in [4.78, 5) is 48.3. The van der Waals surface area contributed by atoms with Crippen LogP contribution in [0.3, 0.4) is 0 Å². The van der Waals surface area contributed by atoms with E-state index in [-0.39, 0.29) is 28.2 Å². The molecule has 4 N–H and O–H groups in total. The molecule has 0 spiro atoms. The molecule has 0 radical (unpaired) electrons.